The maximum absolute atomic E-state index is 5.68. The van der Waals surface area contributed by atoms with Crippen LogP contribution in [0.1, 0.15) is 51.9 Å². The van der Waals surface area contributed by atoms with Crippen LogP contribution in [-0.2, 0) is 13.1 Å². The van der Waals surface area contributed by atoms with Gasteiger partial charge in [-0.25, -0.2) is 0 Å². The summed E-state index contributed by atoms with van der Waals surface area (Å²) < 4.78 is 5.68. The van der Waals surface area contributed by atoms with Crippen LogP contribution >= 0.6 is 0 Å². The lowest BCUT2D eigenvalue weighted by Crippen LogP contribution is -2.34. The SMILES string of the molecule is CCC1CCN(Cc2cc(CNC(C)(C)C)co2)C1. The zero-order valence-corrected chi connectivity index (χ0v) is 12.8. The fraction of sp³-hybridized carbons (Fsp3) is 0.750. The summed E-state index contributed by atoms with van der Waals surface area (Å²) in [5.41, 5.74) is 1.40. The molecule has 108 valence electrons. The van der Waals surface area contributed by atoms with Gasteiger partial charge in [-0.05, 0) is 45.7 Å². The molecule has 1 saturated heterocycles. The van der Waals surface area contributed by atoms with E-state index in [1.165, 1.54) is 31.5 Å². The average Bonchev–Trinajstić information content (AvgIpc) is 2.95. The quantitative estimate of drug-likeness (QED) is 0.883. The maximum atomic E-state index is 5.68. The Morgan fingerprint density at radius 2 is 2.21 bits per heavy atom. The molecule has 1 unspecified atom stereocenters. The molecule has 0 amide bonds. The van der Waals surface area contributed by atoms with Crippen LogP contribution in [0.25, 0.3) is 0 Å². The zero-order chi connectivity index (χ0) is 13.9. The first-order valence-corrected chi connectivity index (χ1v) is 7.50. The molecule has 0 aromatic carbocycles. The minimum Gasteiger partial charge on any atom is -0.468 e. The first-order valence-electron chi connectivity index (χ1n) is 7.50. The molecular formula is C16H28N2O. The average molecular weight is 264 g/mol. The van der Waals surface area contributed by atoms with Gasteiger partial charge < -0.3 is 9.73 Å². The van der Waals surface area contributed by atoms with Crippen LogP contribution in [0.4, 0.5) is 0 Å². The second-order valence-electron chi connectivity index (χ2n) is 6.82. The molecule has 19 heavy (non-hydrogen) atoms. The lowest BCUT2D eigenvalue weighted by atomic mass is 10.1. The van der Waals surface area contributed by atoms with E-state index in [1.807, 2.05) is 6.26 Å². The molecule has 3 heteroatoms. The van der Waals surface area contributed by atoms with E-state index in [9.17, 15) is 0 Å². The number of nitrogens with zero attached hydrogens (tertiary/aromatic N) is 1. The number of rotatable bonds is 5. The second kappa shape index (κ2) is 6.10. The Morgan fingerprint density at radius 3 is 2.84 bits per heavy atom. The highest BCUT2D eigenvalue weighted by atomic mass is 16.3. The van der Waals surface area contributed by atoms with Crippen LogP contribution in [0.2, 0.25) is 0 Å². The van der Waals surface area contributed by atoms with Crippen LogP contribution in [-0.4, -0.2) is 23.5 Å². The second-order valence-corrected chi connectivity index (χ2v) is 6.82. The van der Waals surface area contributed by atoms with E-state index in [4.69, 9.17) is 4.42 Å². The molecule has 0 bridgehead atoms. The third kappa shape index (κ3) is 4.66. The molecule has 0 spiro atoms. The van der Waals surface area contributed by atoms with Crippen LogP contribution in [0.15, 0.2) is 16.7 Å². The van der Waals surface area contributed by atoms with Gasteiger partial charge in [0.1, 0.15) is 5.76 Å². The van der Waals surface area contributed by atoms with E-state index < -0.39 is 0 Å². The Labute approximate surface area is 117 Å². The number of hydrogen-bond donors (Lipinski definition) is 1. The van der Waals surface area contributed by atoms with Gasteiger partial charge in [0, 0.05) is 24.2 Å². The highest BCUT2D eigenvalue weighted by Gasteiger charge is 2.21. The van der Waals surface area contributed by atoms with Crippen LogP contribution in [0.5, 0.6) is 0 Å². The molecule has 0 aliphatic carbocycles. The van der Waals surface area contributed by atoms with E-state index in [1.54, 1.807) is 0 Å². The van der Waals surface area contributed by atoms with E-state index in [-0.39, 0.29) is 5.54 Å². The summed E-state index contributed by atoms with van der Waals surface area (Å²) in [4.78, 5) is 2.51. The monoisotopic (exact) mass is 264 g/mol. The first-order chi connectivity index (χ1) is 8.96. The van der Waals surface area contributed by atoms with Crippen molar-refractivity contribution >= 4 is 0 Å². The summed E-state index contributed by atoms with van der Waals surface area (Å²) in [6, 6.07) is 2.19. The Balaban J connectivity index is 1.81. The van der Waals surface area contributed by atoms with Crippen molar-refractivity contribution in [2.75, 3.05) is 13.1 Å². The maximum Gasteiger partial charge on any atom is 0.118 e. The van der Waals surface area contributed by atoms with Gasteiger partial charge in [-0.2, -0.15) is 0 Å². The molecule has 2 heterocycles. The minimum absolute atomic E-state index is 0.154. The topological polar surface area (TPSA) is 28.4 Å². The number of nitrogens with one attached hydrogen (secondary N) is 1. The van der Waals surface area contributed by atoms with E-state index >= 15 is 0 Å². The van der Waals surface area contributed by atoms with Crippen molar-refractivity contribution in [2.24, 2.45) is 5.92 Å². The molecule has 1 aromatic heterocycles. The minimum atomic E-state index is 0.154. The number of furan rings is 1. The predicted octanol–water partition coefficient (Wildman–Crippen LogP) is 3.40. The van der Waals surface area contributed by atoms with Gasteiger partial charge >= 0.3 is 0 Å². The normalized spacial score (nSPS) is 21.2. The fourth-order valence-corrected chi connectivity index (χ4v) is 2.58. The van der Waals surface area contributed by atoms with Crippen LogP contribution in [0, 0.1) is 5.92 Å². The largest absolute Gasteiger partial charge is 0.468 e. The Hall–Kier alpha value is -0.800. The summed E-state index contributed by atoms with van der Waals surface area (Å²) in [5, 5.41) is 3.49. The summed E-state index contributed by atoms with van der Waals surface area (Å²) in [5.74, 6) is 1.99. The van der Waals surface area contributed by atoms with Gasteiger partial charge in [0.2, 0.25) is 0 Å². The third-order valence-corrected chi connectivity index (χ3v) is 3.86. The van der Waals surface area contributed by atoms with E-state index in [2.05, 4.69) is 44.0 Å². The molecule has 1 atom stereocenters. The van der Waals surface area contributed by atoms with Crippen LogP contribution in [0.3, 0.4) is 0 Å². The number of hydrogen-bond acceptors (Lipinski definition) is 3. The molecule has 1 fully saturated rings. The molecule has 1 aliphatic rings. The van der Waals surface area contributed by atoms with Gasteiger partial charge in [0.25, 0.3) is 0 Å². The molecule has 1 aromatic rings. The van der Waals surface area contributed by atoms with Gasteiger partial charge in [0.15, 0.2) is 0 Å². The molecule has 0 saturated carbocycles. The molecule has 2 rings (SSSR count). The smallest absolute Gasteiger partial charge is 0.118 e. The van der Waals surface area contributed by atoms with Gasteiger partial charge in [0.05, 0.1) is 12.8 Å². The Morgan fingerprint density at radius 1 is 1.42 bits per heavy atom. The summed E-state index contributed by atoms with van der Waals surface area (Å²) in [6.45, 7) is 13.1. The van der Waals surface area contributed by atoms with Crippen molar-refractivity contribution in [2.45, 2.75) is 59.2 Å². The zero-order valence-electron chi connectivity index (χ0n) is 12.8. The van der Waals surface area contributed by atoms with Crippen LogP contribution < -0.4 is 5.32 Å². The third-order valence-electron chi connectivity index (χ3n) is 3.86. The summed E-state index contributed by atoms with van der Waals surface area (Å²) in [7, 11) is 0. The lowest BCUT2D eigenvalue weighted by molar-refractivity contribution is 0.285. The van der Waals surface area contributed by atoms with E-state index in [0.717, 1.165) is 24.8 Å². The first kappa shape index (κ1) is 14.6. The summed E-state index contributed by atoms with van der Waals surface area (Å²) in [6.07, 6.45) is 4.53. The van der Waals surface area contributed by atoms with Crippen molar-refractivity contribution in [1.29, 1.82) is 0 Å². The molecular weight excluding hydrogens is 236 g/mol. The van der Waals surface area contributed by atoms with Crippen molar-refractivity contribution in [3.8, 4) is 0 Å². The molecule has 1 N–H and O–H groups in total. The Bertz CT molecular complexity index is 392. The van der Waals surface area contributed by atoms with Crippen molar-refractivity contribution < 1.29 is 4.42 Å². The molecule has 1 aliphatic heterocycles. The van der Waals surface area contributed by atoms with Gasteiger partial charge in [-0.15, -0.1) is 0 Å². The predicted molar refractivity (Wildman–Crippen MR) is 79.0 cm³/mol. The van der Waals surface area contributed by atoms with Crippen molar-refractivity contribution in [3.63, 3.8) is 0 Å². The van der Waals surface area contributed by atoms with E-state index in [0.29, 0.717) is 0 Å². The Kier molecular flexibility index (Phi) is 4.69. The highest BCUT2D eigenvalue weighted by molar-refractivity contribution is 5.13. The molecule has 0 radical (unpaired) electrons. The van der Waals surface area contributed by atoms with Gasteiger partial charge in [-0.3, -0.25) is 4.90 Å². The highest BCUT2D eigenvalue weighted by Crippen LogP contribution is 2.21. The standard InChI is InChI=1S/C16H28N2O/c1-5-13-6-7-18(10-13)11-15-8-14(12-19-15)9-17-16(2,3)4/h8,12-13,17H,5-7,9-11H2,1-4H3. The van der Waals surface area contributed by atoms with Gasteiger partial charge in [-0.1, -0.05) is 13.3 Å². The summed E-state index contributed by atoms with van der Waals surface area (Å²) >= 11 is 0. The number of likely N-dealkylation sites (tertiary alicyclic amines) is 1. The molecule has 3 nitrogen and oxygen atoms in total. The van der Waals surface area contributed by atoms with Crippen molar-refractivity contribution in [1.82, 2.24) is 10.2 Å². The fourth-order valence-electron chi connectivity index (χ4n) is 2.58. The lowest BCUT2D eigenvalue weighted by Gasteiger charge is -2.19. The van der Waals surface area contributed by atoms with Crippen molar-refractivity contribution in [3.05, 3.63) is 23.7 Å².